The molecule has 0 radical (unpaired) electrons. The van der Waals surface area contributed by atoms with Crippen LogP contribution in [-0.4, -0.2) is 46.8 Å². The second-order valence-corrected chi connectivity index (χ2v) is 5.88. The highest BCUT2D eigenvalue weighted by Crippen LogP contribution is 2.10. The second-order valence-electron chi connectivity index (χ2n) is 3.84. The van der Waals surface area contributed by atoms with Gasteiger partial charge in [0.05, 0.1) is 5.75 Å². The summed E-state index contributed by atoms with van der Waals surface area (Å²) in [4.78, 5) is 11.6. The summed E-state index contributed by atoms with van der Waals surface area (Å²) < 4.78 is 24.4. The Morgan fingerprint density at radius 2 is 2.00 bits per heavy atom. The molecule has 16 heavy (non-hydrogen) atoms. The van der Waals surface area contributed by atoms with E-state index in [9.17, 15) is 13.2 Å². The first-order valence-electron chi connectivity index (χ1n) is 5.45. The maximum Gasteiger partial charge on any atom is 0.223 e. The zero-order valence-corrected chi connectivity index (χ0v) is 10.3. The minimum atomic E-state index is -3.22. The fourth-order valence-corrected chi connectivity index (χ4v) is 2.21. The van der Waals surface area contributed by atoms with Crippen molar-refractivity contribution in [3.63, 3.8) is 0 Å². The van der Waals surface area contributed by atoms with E-state index in [1.54, 1.807) is 0 Å². The molecule has 1 aliphatic heterocycles. The number of sulfonamides is 1. The molecule has 1 amide bonds. The van der Waals surface area contributed by atoms with Crippen molar-refractivity contribution in [2.45, 2.75) is 12.8 Å². The van der Waals surface area contributed by atoms with Crippen molar-refractivity contribution in [2.24, 2.45) is 5.92 Å². The molecule has 3 N–H and O–H groups in total. The first-order valence-corrected chi connectivity index (χ1v) is 7.10. The normalized spacial score (nSPS) is 18.3. The summed E-state index contributed by atoms with van der Waals surface area (Å²) in [5, 5.41) is 5.83. The predicted molar refractivity (Wildman–Crippen MR) is 61.4 cm³/mol. The highest BCUT2D eigenvalue weighted by molar-refractivity contribution is 7.89. The average Bonchev–Trinajstić information content (AvgIpc) is 2.30. The van der Waals surface area contributed by atoms with E-state index >= 15 is 0 Å². The Bertz CT molecular complexity index is 323. The molecule has 1 fully saturated rings. The van der Waals surface area contributed by atoms with Crippen molar-refractivity contribution in [3.05, 3.63) is 0 Å². The zero-order chi connectivity index (χ0) is 12.0. The largest absolute Gasteiger partial charge is 0.355 e. The number of carbonyl (C=O) groups is 1. The molecular formula is C9H19N3O3S. The van der Waals surface area contributed by atoms with E-state index in [0.29, 0.717) is 0 Å². The average molecular weight is 249 g/mol. The summed E-state index contributed by atoms with van der Waals surface area (Å²) in [6.07, 6.45) is 1.65. The Morgan fingerprint density at radius 1 is 1.38 bits per heavy atom. The topological polar surface area (TPSA) is 87.3 Å². The van der Waals surface area contributed by atoms with Crippen molar-refractivity contribution in [1.29, 1.82) is 0 Å². The van der Waals surface area contributed by atoms with Crippen LogP contribution < -0.4 is 15.4 Å². The van der Waals surface area contributed by atoms with Gasteiger partial charge in [-0.15, -0.1) is 0 Å². The maximum absolute atomic E-state index is 11.6. The summed E-state index contributed by atoms with van der Waals surface area (Å²) in [5.74, 6) is -0.0773. The van der Waals surface area contributed by atoms with Crippen molar-refractivity contribution in [1.82, 2.24) is 15.4 Å². The van der Waals surface area contributed by atoms with E-state index in [-0.39, 0.29) is 24.1 Å². The third-order valence-electron chi connectivity index (χ3n) is 2.69. The van der Waals surface area contributed by atoms with Crippen LogP contribution in [0.25, 0.3) is 0 Å². The van der Waals surface area contributed by atoms with Crippen LogP contribution in [0, 0.1) is 5.92 Å². The van der Waals surface area contributed by atoms with Gasteiger partial charge >= 0.3 is 0 Å². The molecule has 6 nitrogen and oxygen atoms in total. The van der Waals surface area contributed by atoms with Gasteiger partial charge in [0.2, 0.25) is 15.9 Å². The first kappa shape index (κ1) is 13.4. The molecule has 0 aromatic carbocycles. The fraction of sp³-hybridized carbons (Fsp3) is 0.889. The van der Waals surface area contributed by atoms with E-state index in [4.69, 9.17) is 0 Å². The fourth-order valence-electron chi connectivity index (χ4n) is 1.64. The second kappa shape index (κ2) is 6.17. The lowest BCUT2D eigenvalue weighted by Gasteiger charge is -2.21. The lowest BCUT2D eigenvalue weighted by Crippen LogP contribution is -2.40. The highest BCUT2D eigenvalue weighted by atomic mass is 32.2. The van der Waals surface area contributed by atoms with Gasteiger partial charge in [0, 0.05) is 12.5 Å². The Hall–Kier alpha value is -0.660. The number of hydrogen-bond acceptors (Lipinski definition) is 4. The molecule has 1 heterocycles. The Balaban J connectivity index is 2.24. The first-order chi connectivity index (χ1) is 7.55. The summed E-state index contributed by atoms with van der Waals surface area (Å²) in [6, 6.07) is 0. The number of carbonyl (C=O) groups excluding carboxylic acids is 1. The van der Waals surface area contributed by atoms with Gasteiger partial charge in [0.1, 0.15) is 0 Å². The van der Waals surface area contributed by atoms with Gasteiger partial charge < -0.3 is 10.6 Å². The summed E-state index contributed by atoms with van der Waals surface area (Å²) in [6.45, 7) is 1.88. The van der Waals surface area contributed by atoms with Gasteiger partial charge in [-0.3, -0.25) is 4.79 Å². The molecule has 0 saturated carbocycles. The summed E-state index contributed by atoms with van der Waals surface area (Å²) in [5.41, 5.74) is 0. The minimum absolute atomic E-state index is 0.0264. The maximum atomic E-state index is 11.6. The molecule has 1 aliphatic rings. The molecule has 1 rings (SSSR count). The monoisotopic (exact) mass is 249 g/mol. The molecule has 0 unspecified atom stereocenters. The molecule has 0 bridgehead atoms. The molecule has 0 aromatic heterocycles. The number of hydrogen-bond donors (Lipinski definition) is 3. The van der Waals surface area contributed by atoms with Crippen LogP contribution >= 0.6 is 0 Å². The Kier molecular flexibility index (Phi) is 5.17. The van der Waals surface area contributed by atoms with E-state index in [1.165, 1.54) is 7.05 Å². The molecular weight excluding hydrogens is 230 g/mol. The Labute approximate surface area is 96.2 Å². The minimum Gasteiger partial charge on any atom is -0.355 e. The van der Waals surface area contributed by atoms with E-state index in [2.05, 4.69) is 15.4 Å². The number of amides is 1. The van der Waals surface area contributed by atoms with Gasteiger partial charge in [-0.1, -0.05) is 0 Å². The van der Waals surface area contributed by atoms with Crippen LogP contribution in [0.5, 0.6) is 0 Å². The van der Waals surface area contributed by atoms with E-state index < -0.39 is 10.0 Å². The molecule has 0 aliphatic carbocycles. The molecule has 94 valence electrons. The van der Waals surface area contributed by atoms with Crippen LogP contribution in [0.4, 0.5) is 0 Å². The van der Waals surface area contributed by atoms with Crippen LogP contribution in [0.15, 0.2) is 0 Å². The summed E-state index contributed by atoms with van der Waals surface area (Å²) >= 11 is 0. The third kappa shape index (κ3) is 4.46. The van der Waals surface area contributed by atoms with E-state index in [1.807, 2.05) is 0 Å². The van der Waals surface area contributed by atoms with Crippen LogP contribution in [0.1, 0.15) is 12.8 Å². The lowest BCUT2D eigenvalue weighted by atomic mass is 9.97. The molecule has 0 aromatic rings. The summed E-state index contributed by atoms with van der Waals surface area (Å²) in [7, 11) is -1.86. The standard InChI is InChI=1S/C9H19N3O3S/c1-10-16(14,15)7-6-12-9(13)8-2-4-11-5-3-8/h8,10-11H,2-7H2,1H3,(H,12,13). The quantitative estimate of drug-likeness (QED) is 0.562. The van der Waals surface area contributed by atoms with Gasteiger partial charge in [-0.25, -0.2) is 13.1 Å². The smallest absolute Gasteiger partial charge is 0.223 e. The zero-order valence-electron chi connectivity index (χ0n) is 9.45. The molecule has 7 heteroatoms. The van der Waals surface area contributed by atoms with E-state index in [0.717, 1.165) is 25.9 Å². The number of piperidine rings is 1. The SMILES string of the molecule is CNS(=O)(=O)CCNC(=O)C1CCNCC1. The van der Waals surface area contributed by atoms with Crippen molar-refractivity contribution in [3.8, 4) is 0 Å². The van der Waals surface area contributed by atoms with Gasteiger partial charge in [0.15, 0.2) is 0 Å². The van der Waals surface area contributed by atoms with Crippen LogP contribution in [-0.2, 0) is 14.8 Å². The van der Waals surface area contributed by atoms with Crippen LogP contribution in [0.3, 0.4) is 0 Å². The van der Waals surface area contributed by atoms with Gasteiger partial charge in [0.25, 0.3) is 0 Å². The predicted octanol–water partition coefficient (Wildman–Crippen LogP) is -1.35. The highest BCUT2D eigenvalue weighted by Gasteiger charge is 2.20. The molecule has 0 spiro atoms. The molecule has 1 saturated heterocycles. The van der Waals surface area contributed by atoms with Gasteiger partial charge in [-0.2, -0.15) is 0 Å². The number of rotatable bonds is 5. The van der Waals surface area contributed by atoms with Crippen molar-refractivity contribution < 1.29 is 13.2 Å². The molecule has 0 atom stereocenters. The van der Waals surface area contributed by atoms with Gasteiger partial charge in [-0.05, 0) is 33.0 Å². The van der Waals surface area contributed by atoms with Crippen LogP contribution in [0.2, 0.25) is 0 Å². The third-order valence-corrected chi connectivity index (χ3v) is 4.05. The van der Waals surface area contributed by atoms with Crippen molar-refractivity contribution in [2.75, 3.05) is 32.4 Å². The Morgan fingerprint density at radius 3 is 2.56 bits per heavy atom. The van der Waals surface area contributed by atoms with Crippen molar-refractivity contribution >= 4 is 15.9 Å². The lowest BCUT2D eigenvalue weighted by molar-refractivity contribution is -0.125. The number of nitrogens with one attached hydrogen (secondary N) is 3.